The van der Waals surface area contributed by atoms with Gasteiger partial charge in [-0.1, -0.05) is 11.6 Å². The van der Waals surface area contributed by atoms with Gasteiger partial charge in [0.1, 0.15) is 6.07 Å². The van der Waals surface area contributed by atoms with E-state index in [4.69, 9.17) is 11.6 Å². The molecule has 0 bridgehead atoms. The quantitative estimate of drug-likeness (QED) is 0.726. The van der Waals surface area contributed by atoms with Crippen LogP contribution in [0.15, 0.2) is 30.6 Å². The molecular weight excluding hydrogens is 298 g/mol. The van der Waals surface area contributed by atoms with E-state index in [2.05, 4.69) is 37.0 Å². The molecule has 1 aromatic carbocycles. The Bertz CT molecular complexity index is 876. The van der Waals surface area contributed by atoms with Crippen molar-refractivity contribution < 1.29 is 0 Å². The molecule has 0 saturated carbocycles. The van der Waals surface area contributed by atoms with Crippen molar-refractivity contribution in [2.24, 2.45) is 0 Å². The Morgan fingerprint density at radius 1 is 1.32 bits per heavy atom. The van der Waals surface area contributed by atoms with Gasteiger partial charge in [0.25, 0.3) is 0 Å². The highest BCUT2D eigenvalue weighted by molar-refractivity contribution is 6.31. The van der Waals surface area contributed by atoms with Gasteiger partial charge in [0.05, 0.1) is 23.8 Å². The number of nitriles is 1. The predicted octanol–water partition coefficient (Wildman–Crippen LogP) is 3.56. The van der Waals surface area contributed by atoms with E-state index in [9.17, 15) is 5.26 Å². The second-order valence-corrected chi connectivity index (χ2v) is 6.68. The Kier molecular flexibility index (Phi) is 3.42. The second-order valence-electron chi connectivity index (χ2n) is 6.24. The molecule has 0 aliphatic rings. The summed E-state index contributed by atoms with van der Waals surface area (Å²) >= 11 is 6.01. The van der Waals surface area contributed by atoms with E-state index >= 15 is 0 Å². The summed E-state index contributed by atoms with van der Waals surface area (Å²) < 4.78 is 3.74. The molecule has 2 aromatic heterocycles. The van der Waals surface area contributed by atoms with Crippen LogP contribution in [-0.2, 0) is 12.1 Å². The minimum absolute atomic E-state index is 0.0597. The third-order valence-electron chi connectivity index (χ3n) is 3.47. The molecule has 112 valence electrons. The zero-order valence-corrected chi connectivity index (χ0v) is 13.5. The Balaban J connectivity index is 2.01. The third kappa shape index (κ3) is 2.58. The average Bonchev–Trinajstić information content (AvgIpc) is 3.04. The first-order valence-electron chi connectivity index (χ1n) is 6.98. The number of hydrogen-bond donors (Lipinski definition) is 0. The fourth-order valence-electron chi connectivity index (χ4n) is 2.34. The Labute approximate surface area is 133 Å². The largest absolute Gasteiger partial charge is 0.267 e. The molecule has 22 heavy (non-hydrogen) atoms. The number of rotatable bonds is 2. The molecule has 0 aliphatic carbocycles. The van der Waals surface area contributed by atoms with Crippen LogP contribution in [0, 0.1) is 11.3 Å². The first-order valence-corrected chi connectivity index (χ1v) is 7.36. The molecule has 0 amide bonds. The number of hydrogen-bond acceptors (Lipinski definition) is 3. The fraction of sp³-hybridized carbons (Fsp3) is 0.312. The summed E-state index contributed by atoms with van der Waals surface area (Å²) in [4.78, 5) is 0. The molecule has 0 N–H and O–H groups in total. The lowest BCUT2D eigenvalue weighted by atomic mass is 10.1. The molecule has 0 unspecified atom stereocenters. The second kappa shape index (κ2) is 5.15. The number of halogens is 1. The maximum Gasteiger partial charge on any atom is 0.170 e. The summed E-state index contributed by atoms with van der Waals surface area (Å²) in [5.74, 6) is 0. The lowest BCUT2D eigenvalue weighted by Crippen LogP contribution is -2.22. The van der Waals surface area contributed by atoms with Gasteiger partial charge in [-0.3, -0.25) is 9.36 Å². The average molecular weight is 314 g/mol. The summed E-state index contributed by atoms with van der Waals surface area (Å²) in [5, 5.41) is 19.4. The molecule has 0 spiro atoms. The summed E-state index contributed by atoms with van der Waals surface area (Å²) in [6.45, 7) is 6.87. The van der Waals surface area contributed by atoms with Crippen molar-refractivity contribution in [2.75, 3.05) is 0 Å². The van der Waals surface area contributed by atoms with Crippen LogP contribution < -0.4 is 0 Å². The summed E-state index contributed by atoms with van der Waals surface area (Å²) in [5.41, 5.74) is 2.26. The molecule has 0 fully saturated rings. The van der Waals surface area contributed by atoms with Crippen molar-refractivity contribution in [3.8, 4) is 6.07 Å². The smallest absolute Gasteiger partial charge is 0.170 e. The van der Waals surface area contributed by atoms with Crippen LogP contribution in [0.3, 0.4) is 0 Å². The Morgan fingerprint density at radius 2 is 2.09 bits per heavy atom. The van der Waals surface area contributed by atoms with Crippen LogP contribution >= 0.6 is 11.6 Å². The normalized spacial score (nSPS) is 11.8. The monoisotopic (exact) mass is 313 g/mol. The van der Waals surface area contributed by atoms with Crippen LogP contribution in [0.1, 0.15) is 32.0 Å². The van der Waals surface area contributed by atoms with Gasteiger partial charge in [-0.2, -0.15) is 15.5 Å². The minimum atomic E-state index is -0.0597. The number of benzene rings is 1. The van der Waals surface area contributed by atoms with E-state index in [0.29, 0.717) is 17.3 Å². The fourth-order valence-corrected chi connectivity index (χ4v) is 2.51. The molecule has 0 aliphatic heterocycles. The molecule has 3 aromatic rings. The zero-order chi connectivity index (χ0) is 15.9. The Morgan fingerprint density at radius 3 is 2.73 bits per heavy atom. The standard InChI is InChI=1S/C16H16ClN5/c1-16(2,3)22-10-11(8-19-22)9-21-15-5-4-12(17)6-13(15)14(7-18)20-21/h4-6,8,10H,9H2,1-3H3. The number of aromatic nitrogens is 4. The van der Waals surface area contributed by atoms with Crippen LogP contribution in [0.5, 0.6) is 0 Å². The van der Waals surface area contributed by atoms with Crippen LogP contribution in [0.2, 0.25) is 5.02 Å². The topological polar surface area (TPSA) is 59.4 Å². The molecule has 5 nitrogen and oxygen atoms in total. The lowest BCUT2D eigenvalue weighted by molar-refractivity contribution is 0.355. The molecule has 2 heterocycles. The van der Waals surface area contributed by atoms with Gasteiger partial charge >= 0.3 is 0 Å². The van der Waals surface area contributed by atoms with E-state index in [1.165, 1.54) is 0 Å². The van der Waals surface area contributed by atoms with Crippen molar-refractivity contribution in [3.63, 3.8) is 0 Å². The van der Waals surface area contributed by atoms with Crippen LogP contribution in [0.4, 0.5) is 0 Å². The highest BCUT2D eigenvalue weighted by atomic mass is 35.5. The number of fused-ring (bicyclic) bond motifs is 1. The van der Waals surface area contributed by atoms with Crippen molar-refractivity contribution in [1.29, 1.82) is 5.26 Å². The van der Waals surface area contributed by atoms with E-state index < -0.39 is 0 Å². The van der Waals surface area contributed by atoms with E-state index in [0.717, 1.165) is 16.5 Å². The molecular formula is C16H16ClN5. The van der Waals surface area contributed by atoms with E-state index in [1.807, 2.05) is 33.9 Å². The van der Waals surface area contributed by atoms with Gasteiger partial charge in [0.2, 0.25) is 0 Å². The van der Waals surface area contributed by atoms with Crippen LogP contribution in [-0.4, -0.2) is 19.6 Å². The maximum absolute atomic E-state index is 9.23. The first-order chi connectivity index (χ1) is 10.4. The molecule has 6 heteroatoms. The first kappa shape index (κ1) is 14.6. The van der Waals surface area contributed by atoms with Crippen molar-refractivity contribution in [2.45, 2.75) is 32.9 Å². The SMILES string of the molecule is CC(C)(C)n1cc(Cn2nc(C#N)c3cc(Cl)ccc32)cn1. The van der Waals surface area contributed by atoms with E-state index in [-0.39, 0.29) is 5.54 Å². The minimum Gasteiger partial charge on any atom is -0.267 e. The van der Waals surface area contributed by atoms with Crippen molar-refractivity contribution in [1.82, 2.24) is 19.6 Å². The van der Waals surface area contributed by atoms with Gasteiger partial charge < -0.3 is 0 Å². The van der Waals surface area contributed by atoms with Gasteiger partial charge in [-0.25, -0.2) is 0 Å². The van der Waals surface area contributed by atoms with Gasteiger partial charge in [-0.05, 0) is 39.0 Å². The summed E-state index contributed by atoms with van der Waals surface area (Å²) in [7, 11) is 0. The summed E-state index contributed by atoms with van der Waals surface area (Å²) in [6.07, 6.45) is 3.84. The molecule has 0 saturated heterocycles. The van der Waals surface area contributed by atoms with Gasteiger partial charge in [0, 0.05) is 22.2 Å². The molecule has 0 atom stereocenters. The summed E-state index contributed by atoms with van der Waals surface area (Å²) in [6, 6.07) is 7.59. The zero-order valence-electron chi connectivity index (χ0n) is 12.7. The van der Waals surface area contributed by atoms with Gasteiger partial charge in [0.15, 0.2) is 5.69 Å². The lowest BCUT2D eigenvalue weighted by Gasteiger charge is -2.18. The number of nitrogens with zero attached hydrogens (tertiary/aromatic N) is 5. The van der Waals surface area contributed by atoms with Gasteiger partial charge in [-0.15, -0.1) is 0 Å². The molecule has 3 rings (SSSR count). The van der Waals surface area contributed by atoms with E-state index in [1.54, 1.807) is 6.07 Å². The third-order valence-corrected chi connectivity index (χ3v) is 3.71. The highest BCUT2D eigenvalue weighted by Crippen LogP contribution is 2.23. The van der Waals surface area contributed by atoms with Crippen molar-refractivity contribution in [3.05, 3.63) is 46.9 Å². The van der Waals surface area contributed by atoms with Crippen molar-refractivity contribution >= 4 is 22.5 Å². The Hall–Kier alpha value is -2.32. The molecule has 0 radical (unpaired) electrons. The maximum atomic E-state index is 9.23. The predicted molar refractivity (Wildman–Crippen MR) is 85.8 cm³/mol. The highest BCUT2D eigenvalue weighted by Gasteiger charge is 2.15. The van der Waals surface area contributed by atoms with Crippen LogP contribution in [0.25, 0.3) is 10.9 Å².